The number of halogens is 1. The van der Waals surface area contributed by atoms with E-state index >= 15 is 0 Å². The fraction of sp³-hybridized carbons (Fsp3) is 0.625. The van der Waals surface area contributed by atoms with E-state index in [2.05, 4.69) is 10.2 Å². The molecule has 1 aliphatic carbocycles. The average Bonchev–Trinajstić information content (AvgIpc) is 2.98. The number of rotatable bonds is 3. The number of nitrogens with one attached hydrogen (secondary N) is 1. The van der Waals surface area contributed by atoms with Crippen molar-refractivity contribution in [1.82, 2.24) is 10.2 Å². The fourth-order valence-electron chi connectivity index (χ4n) is 3.74. The molecular formula is C16H23FN2O. The summed E-state index contributed by atoms with van der Waals surface area (Å²) in [6.07, 6.45) is 4.88. The molecule has 20 heavy (non-hydrogen) atoms. The van der Waals surface area contributed by atoms with Crippen molar-refractivity contribution < 1.29 is 9.50 Å². The number of benzene rings is 1. The summed E-state index contributed by atoms with van der Waals surface area (Å²) in [6, 6.07) is 4.52. The zero-order chi connectivity index (χ0) is 13.9. The highest BCUT2D eigenvalue weighted by Gasteiger charge is 2.33. The van der Waals surface area contributed by atoms with Gasteiger partial charge in [0.1, 0.15) is 11.6 Å². The first-order chi connectivity index (χ1) is 9.75. The van der Waals surface area contributed by atoms with Crippen molar-refractivity contribution in [3.63, 3.8) is 0 Å². The molecule has 1 saturated carbocycles. The van der Waals surface area contributed by atoms with Gasteiger partial charge in [0, 0.05) is 37.8 Å². The molecule has 3 rings (SSSR count). The molecule has 1 aromatic rings. The molecule has 1 atom stereocenters. The van der Waals surface area contributed by atoms with E-state index in [9.17, 15) is 9.50 Å². The van der Waals surface area contributed by atoms with Gasteiger partial charge >= 0.3 is 0 Å². The van der Waals surface area contributed by atoms with Crippen molar-refractivity contribution in [2.24, 2.45) is 5.92 Å². The van der Waals surface area contributed by atoms with E-state index in [0.29, 0.717) is 5.92 Å². The summed E-state index contributed by atoms with van der Waals surface area (Å²) < 4.78 is 13.6. The molecule has 2 fully saturated rings. The molecule has 1 aliphatic heterocycles. The Balaban J connectivity index is 1.92. The Morgan fingerprint density at radius 3 is 2.60 bits per heavy atom. The van der Waals surface area contributed by atoms with Gasteiger partial charge < -0.3 is 10.4 Å². The van der Waals surface area contributed by atoms with Gasteiger partial charge in [0.25, 0.3) is 0 Å². The Labute approximate surface area is 119 Å². The lowest BCUT2D eigenvalue weighted by Crippen LogP contribution is -2.46. The molecule has 0 spiro atoms. The van der Waals surface area contributed by atoms with Crippen LogP contribution in [-0.4, -0.2) is 36.2 Å². The number of hydrogen-bond acceptors (Lipinski definition) is 3. The molecular weight excluding hydrogens is 255 g/mol. The minimum Gasteiger partial charge on any atom is -0.508 e. The van der Waals surface area contributed by atoms with E-state index in [1.165, 1.54) is 43.9 Å². The predicted octanol–water partition coefficient (Wildman–Crippen LogP) is 2.67. The lowest BCUT2D eigenvalue weighted by molar-refractivity contribution is 0.123. The second-order valence-corrected chi connectivity index (χ2v) is 5.98. The summed E-state index contributed by atoms with van der Waals surface area (Å²) in [5.41, 5.74) is 0.777. The molecule has 1 saturated heterocycles. The molecule has 2 aliphatic rings. The molecule has 1 heterocycles. The molecule has 0 amide bonds. The predicted molar refractivity (Wildman–Crippen MR) is 77.2 cm³/mol. The average molecular weight is 278 g/mol. The third kappa shape index (κ3) is 2.81. The van der Waals surface area contributed by atoms with E-state index in [0.717, 1.165) is 31.7 Å². The normalized spacial score (nSPS) is 23.1. The van der Waals surface area contributed by atoms with Crippen LogP contribution in [0.5, 0.6) is 5.75 Å². The van der Waals surface area contributed by atoms with E-state index in [1.807, 2.05) is 0 Å². The summed E-state index contributed by atoms with van der Waals surface area (Å²) in [6.45, 7) is 3.88. The quantitative estimate of drug-likeness (QED) is 0.892. The molecule has 0 bridgehead atoms. The maximum atomic E-state index is 13.6. The van der Waals surface area contributed by atoms with Crippen LogP contribution in [0.4, 0.5) is 4.39 Å². The number of aromatic hydroxyl groups is 1. The smallest absolute Gasteiger partial charge is 0.123 e. The first-order valence-corrected chi connectivity index (χ1v) is 7.69. The molecule has 2 N–H and O–H groups in total. The van der Waals surface area contributed by atoms with E-state index in [1.54, 1.807) is 0 Å². The Hall–Kier alpha value is -1.13. The van der Waals surface area contributed by atoms with Crippen LogP contribution < -0.4 is 5.32 Å². The topological polar surface area (TPSA) is 35.5 Å². The minimum atomic E-state index is -0.254. The van der Waals surface area contributed by atoms with Gasteiger partial charge in [0.05, 0.1) is 0 Å². The number of nitrogens with zero attached hydrogens (tertiary/aromatic N) is 1. The highest BCUT2D eigenvalue weighted by atomic mass is 19.1. The van der Waals surface area contributed by atoms with E-state index in [-0.39, 0.29) is 17.6 Å². The number of piperazine rings is 1. The van der Waals surface area contributed by atoms with Gasteiger partial charge in [-0.05, 0) is 37.0 Å². The Morgan fingerprint density at radius 2 is 1.90 bits per heavy atom. The highest BCUT2D eigenvalue weighted by Crippen LogP contribution is 2.42. The molecule has 0 unspecified atom stereocenters. The van der Waals surface area contributed by atoms with Gasteiger partial charge in [-0.3, -0.25) is 4.90 Å². The summed E-state index contributed by atoms with van der Waals surface area (Å²) in [4.78, 5) is 2.42. The molecule has 3 nitrogen and oxygen atoms in total. The van der Waals surface area contributed by atoms with Crippen LogP contribution in [0, 0.1) is 11.7 Å². The molecule has 110 valence electrons. The highest BCUT2D eigenvalue weighted by molar-refractivity contribution is 5.36. The summed E-state index contributed by atoms with van der Waals surface area (Å²) >= 11 is 0. The second kappa shape index (κ2) is 6.10. The van der Waals surface area contributed by atoms with Crippen LogP contribution in [-0.2, 0) is 0 Å². The second-order valence-electron chi connectivity index (χ2n) is 5.98. The van der Waals surface area contributed by atoms with Gasteiger partial charge in [-0.15, -0.1) is 0 Å². The molecule has 0 radical (unpaired) electrons. The summed E-state index contributed by atoms with van der Waals surface area (Å²) in [5.74, 6) is 0.526. The SMILES string of the molecule is Oc1ccc(F)cc1[C@H](C1CCCC1)N1CCNCC1. The number of phenolic OH excluding ortho intramolecular Hbond substituents is 1. The summed E-state index contributed by atoms with van der Waals surface area (Å²) in [5, 5.41) is 13.5. The maximum absolute atomic E-state index is 13.6. The van der Waals surface area contributed by atoms with Crippen molar-refractivity contribution in [3.05, 3.63) is 29.6 Å². The van der Waals surface area contributed by atoms with Crippen molar-refractivity contribution >= 4 is 0 Å². The van der Waals surface area contributed by atoms with Crippen LogP contribution in [0.3, 0.4) is 0 Å². The Bertz CT molecular complexity index is 454. The van der Waals surface area contributed by atoms with Gasteiger partial charge in [-0.1, -0.05) is 12.8 Å². The molecule has 1 aromatic carbocycles. The van der Waals surface area contributed by atoms with Crippen LogP contribution >= 0.6 is 0 Å². The van der Waals surface area contributed by atoms with E-state index < -0.39 is 0 Å². The van der Waals surface area contributed by atoms with Crippen LogP contribution in [0.15, 0.2) is 18.2 Å². The maximum Gasteiger partial charge on any atom is 0.123 e. The first kappa shape index (κ1) is 13.8. The van der Waals surface area contributed by atoms with Crippen LogP contribution in [0.25, 0.3) is 0 Å². The Morgan fingerprint density at radius 1 is 1.20 bits per heavy atom. The molecule has 4 heteroatoms. The van der Waals surface area contributed by atoms with Gasteiger partial charge in [0.15, 0.2) is 0 Å². The largest absolute Gasteiger partial charge is 0.508 e. The van der Waals surface area contributed by atoms with Crippen LogP contribution in [0.1, 0.15) is 37.3 Å². The zero-order valence-corrected chi connectivity index (χ0v) is 11.8. The lowest BCUT2D eigenvalue weighted by Gasteiger charge is -2.38. The Kier molecular flexibility index (Phi) is 4.22. The standard InChI is InChI=1S/C16H23FN2O/c17-13-5-6-15(20)14(11-13)16(12-3-1-2-4-12)19-9-7-18-8-10-19/h5-6,11-12,16,18,20H,1-4,7-10H2/t16-/m0/s1. The fourth-order valence-corrected chi connectivity index (χ4v) is 3.74. The van der Waals surface area contributed by atoms with Gasteiger partial charge in [-0.25, -0.2) is 4.39 Å². The number of phenols is 1. The van der Waals surface area contributed by atoms with Crippen molar-refractivity contribution in [2.75, 3.05) is 26.2 Å². The lowest BCUT2D eigenvalue weighted by atomic mass is 9.89. The monoisotopic (exact) mass is 278 g/mol. The van der Waals surface area contributed by atoms with Gasteiger partial charge in [-0.2, -0.15) is 0 Å². The third-order valence-electron chi connectivity index (χ3n) is 4.70. The van der Waals surface area contributed by atoms with Crippen molar-refractivity contribution in [2.45, 2.75) is 31.7 Å². The van der Waals surface area contributed by atoms with E-state index in [4.69, 9.17) is 0 Å². The van der Waals surface area contributed by atoms with Crippen LogP contribution in [0.2, 0.25) is 0 Å². The van der Waals surface area contributed by atoms with Crippen molar-refractivity contribution in [1.29, 1.82) is 0 Å². The van der Waals surface area contributed by atoms with Crippen molar-refractivity contribution in [3.8, 4) is 5.75 Å². The first-order valence-electron chi connectivity index (χ1n) is 7.69. The summed E-state index contributed by atoms with van der Waals surface area (Å²) in [7, 11) is 0. The zero-order valence-electron chi connectivity index (χ0n) is 11.8. The molecule has 0 aromatic heterocycles. The van der Waals surface area contributed by atoms with Gasteiger partial charge in [0.2, 0.25) is 0 Å². The minimum absolute atomic E-state index is 0.162. The number of hydrogen-bond donors (Lipinski definition) is 2. The third-order valence-corrected chi connectivity index (χ3v) is 4.70.